The molecule has 2 aromatic rings. The van der Waals surface area contributed by atoms with Crippen molar-refractivity contribution >= 4 is 7.82 Å². The Morgan fingerprint density at radius 1 is 1.32 bits per heavy atom. The van der Waals surface area contributed by atoms with E-state index in [0.29, 0.717) is 11.1 Å². The van der Waals surface area contributed by atoms with Gasteiger partial charge in [0, 0.05) is 12.6 Å². The Morgan fingerprint density at radius 2 is 2.00 bits per heavy atom. The van der Waals surface area contributed by atoms with Crippen LogP contribution in [-0.2, 0) is 13.8 Å². The second kappa shape index (κ2) is 7.81. The van der Waals surface area contributed by atoms with Crippen LogP contribution in [0.15, 0.2) is 40.1 Å². The van der Waals surface area contributed by atoms with Gasteiger partial charge in [-0.1, -0.05) is 12.1 Å². The molecule has 3 rings (SSSR count). The first-order chi connectivity index (χ1) is 13.2. The number of aliphatic hydroxyl groups is 1. The Kier molecular flexibility index (Phi) is 5.62. The van der Waals surface area contributed by atoms with Crippen molar-refractivity contribution in [2.45, 2.75) is 24.9 Å². The van der Waals surface area contributed by atoms with Crippen LogP contribution in [-0.4, -0.2) is 43.3 Å². The largest absolute Gasteiger partial charge is 0.469 e. The summed E-state index contributed by atoms with van der Waals surface area (Å²) in [6.07, 6.45) is -1.94. The minimum absolute atomic E-state index is 0.0477. The third-order valence-corrected chi connectivity index (χ3v) is 4.70. The number of phosphoric acid groups is 1. The van der Waals surface area contributed by atoms with E-state index in [4.69, 9.17) is 19.8 Å². The van der Waals surface area contributed by atoms with E-state index >= 15 is 0 Å². The number of ether oxygens (including phenoxy) is 1. The molecule has 0 radical (unpaired) electrons. The molecule has 3 atom stereocenters. The highest BCUT2D eigenvalue weighted by atomic mass is 31.2. The van der Waals surface area contributed by atoms with E-state index in [1.165, 1.54) is 18.3 Å². The summed E-state index contributed by atoms with van der Waals surface area (Å²) < 4.78 is 21.7. The minimum Gasteiger partial charge on any atom is -0.390 e. The lowest BCUT2D eigenvalue weighted by Crippen LogP contribution is -2.33. The number of rotatable bonds is 5. The van der Waals surface area contributed by atoms with Gasteiger partial charge >= 0.3 is 13.5 Å². The van der Waals surface area contributed by atoms with Crippen molar-refractivity contribution in [2.24, 2.45) is 0 Å². The molecule has 0 aliphatic carbocycles. The summed E-state index contributed by atoms with van der Waals surface area (Å²) in [5, 5.41) is 18.9. The fourth-order valence-corrected chi connectivity index (χ4v) is 3.18. The number of nitrogens with one attached hydrogen (secondary N) is 1. The molecule has 2 heterocycles. The maximum atomic E-state index is 12.2. The number of H-pyrrole nitrogens is 1. The summed E-state index contributed by atoms with van der Waals surface area (Å²) in [5.74, 6) is 0. The van der Waals surface area contributed by atoms with Gasteiger partial charge in [0.2, 0.25) is 0 Å². The van der Waals surface area contributed by atoms with Crippen LogP contribution >= 0.6 is 7.82 Å². The molecular weight excluding hydrogens is 393 g/mol. The maximum Gasteiger partial charge on any atom is 0.469 e. The fourth-order valence-electron chi connectivity index (χ4n) is 2.84. The molecule has 28 heavy (non-hydrogen) atoms. The predicted octanol–water partition coefficient (Wildman–Crippen LogP) is -0.167. The lowest BCUT2D eigenvalue weighted by Gasteiger charge is -2.17. The quantitative estimate of drug-likeness (QED) is 0.489. The smallest absolute Gasteiger partial charge is 0.390 e. The van der Waals surface area contributed by atoms with Crippen molar-refractivity contribution in [1.82, 2.24) is 9.55 Å². The molecule has 148 valence electrons. The molecule has 0 spiro atoms. The van der Waals surface area contributed by atoms with E-state index < -0.39 is 44.1 Å². The topological polar surface area (TPSA) is 175 Å². The molecule has 1 aliphatic heterocycles. The average Bonchev–Trinajstić information content (AvgIpc) is 3.00. The molecule has 0 saturated carbocycles. The van der Waals surface area contributed by atoms with Crippen LogP contribution in [0.5, 0.6) is 0 Å². The number of hydrogen-bond donors (Lipinski definition) is 4. The Labute approximate surface area is 157 Å². The lowest BCUT2D eigenvalue weighted by molar-refractivity contribution is -0.0450. The summed E-state index contributed by atoms with van der Waals surface area (Å²) in [6, 6.07) is 8.12. The first-order valence-corrected chi connectivity index (χ1v) is 9.60. The highest BCUT2D eigenvalue weighted by Gasteiger charge is 2.37. The van der Waals surface area contributed by atoms with Crippen LogP contribution in [0.4, 0.5) is 0 Å². The zero-order chi connectivity index (χ0) is 20.5. The molecule has 1 aromatic heterocycles. The highest BCUT2D eigenvalue weighted by Crippen LogP contribution is 2.38. The van der Waals surface area contributed by atoms with E-state index in [-0.39, 0.29) is 12.0 Å². The van der Waals surface area contributed by atoms with Gasteiger partial charge in [-0.2, -0.15) is 5.26 Å². The molecule has 1 saturated heterocycles. The van der Waals surface area contributed by atoms with Crippen molar-refractivity contribution in [2.75, 3.05) is 6.61 Å². The molecular formula is C16H16N3O8P. The number of nitrogens with zero attached hydrogens (tertiary/aromatic N) is 2. The molecule has 11 nitrogen and oxygen atoms in total. The lowest BCUT2D eigenvalue weighted by atomic mass is 10.1. The molecule has 0 amide bonds. The van der Waals surface area contributed by atoms with E-state index in [1.54, 1.807) is 12.1 Å². The van der Waals surface area contributed by atoms with Crippen LogP contribution in [0, 0.1) is 11.3 Å². The number of phosphoric ester groups is 1. The van der Waals surface area contributed by atoms with Gasteiger partial charge in [0.1, 0.15) is 12.3 Å². The van der Waals surface area contributed by atoms with E-state index in [9.17, 15) is 19.3 Å². The molecule has 12 heteroatoms. The second-order valence-corrected chi connectivity index (χ2v) is 7.36. The Hall–Kier alpha value is -2.58. The van der Waals surface area contributed by atoms with E-state index in [2.05, 4.69) is 9.51 Å². The highest BCUT2D eigenvalue weighted by molar-refractivity contribution is 7.46. The second-order valence-electron chi connectivity index (χ2n) is 6.12. The van der Waals surface area contributed by atoms with Crippen LogP contribution in [0.3, 0.4) is 0 Å². The summed E-state index contributed by atoms with van der Waals surface area (Å²) >= 11 is 0. The Balaban J connectivity index is 1.88. The number of aromatic amines is 1. The van der Waals surface area contributed by atoms with Gasteiger partial charge in [0.25, 0.3) is 5.56 Å². The van der Waals surface area contributed by atoms with Gasteiger partial charge in [-0.3, -0.25) is 18.9 Å². The normalized spacial score (nSPS) is 22.1. The molecule has 1 aromatic carbocycles. The molecule has 1 aliphatic rings. The number of aromatic nitrogens is 2. The zero-order valence-electron chi connectivity index (χ0n) is 14.3. The van der Waals surface area contributed by atoms with Crippen LogP contribution in [0.1, 0.15) is 18.2 Å². The third-order valence-electron chi connectivity index (χ3n) is 4.21. The van der Waals surface area contributed by atoms with Gasteiger partial charge in [-0.05, 0) is 17.7 Å². The minimum atomic E-state index is -4.74. The van der Waals surface area contributed by atoms with E-state index in [1.807, 2.05) is 6.07 Å². The summed E-state index contributed by atoms with van der Waals surface area (Å²) in [5.41, 5.74) is -0.378. The van der Waals surface area contributed by atoms with Gasteiger partial charge in [-0.15, -0.1) is 0 Å². The molecule has 0 bridgehead atoms. The average molecular weight is 409 g/mol. The standard InChI is InChI=1S/C16H16N3O8P/c17-6-9-1-3-10(4-2-9)11-7-19(16(22)18-15(11)21)14-5-12(20)13(27-14)8-26-28(23,24)25/h1-4,7,12-14,20H,5,8H2,(H,18,21,22)(H2,23,24,25). The number of nitriles is 1. The third kappa shape index (κ3) is 4.45. The number of aliphatic hydroxyl groups excluding tert-OH is 1. The molecule has 1 fully saturated rings. The van der Waals surface area contributed by atoms with Gasteiger partial charge < -0.3 is 19.6 Å². The van der Waals surface area contributed by atoms with Crippen molar-refractivity contribution in [3.8, 4) is 17.2 Å². The number of hydrogen-bond acceptors (Lipinski definition) is 7. The van der Waals surface area contributed by atoms with Crippen LogP contribution in [0.25, 0.3) is 11.1 Å². The van der Waals surface area contributed by atoms with Crippen molar-refractivity contribution in [1.29, 1.82) is 5.26 Å². The van der Waals surface area contributed by atoms with Gasteiger partial charge in [-0.25, -0.2) is 9.36 Å². The fraction of sp³-hybridized carbons (Fsp3) is 0.312. The zero-order valence-corrected chi connectivity index (χ0v) is 15.2. The van der Waals surface area contributed by atoms with Crippen molar-refractivity contribution < 1.29 is 28.7 Å². The first kappa shape index (κ1) is 20.2. The Bertz CT molecular complexity index is 1070. The van der Waals surface area contributed by atoms with Gasteiger partial charge in [0.05, 0.1) is 29.9 Å². The predicted molar refractivity (Wildman–Crippen MR) is 94.0 cm³/mol. The SMILES string of the molecule is N#Cc1ccc(-c2cn(C3CC(O)C(COP(=O)(O)O)O3)c(=O)[nH]c2=O)cc1. The van der Waals surface area contributed by atoms with Crippen LogP contribution < -0.4 is 11.2 Å². The monoisotopic (exact) mass is 409 g/mol. The van der Waals surface area contributed by atoms with Crippen molar-refractivity contribution in [3.05, 3.63) is 56.9 Å². The summed E-state index contributed by atoms with van der Waals surface area (Å²) in [7, 11) is -4.74. The first-order valence-electron chi connectivity index (χ1n) is 8.07. The van der Waals surface area contributed by atoms with Crippen molar-refractivity contribution in [3.63, 3.8) is 0 Å². The summed E-state index contributed by atoms with van der Waals surface area (Å²) in [4.78, 5) is 44.0. The van der Waals surface area contributed by atoms with Gasteiger partial charge in [0.15, 0.2) is 0 Å². The summed E-state index contributed by atoms with van der Waals surface area (Å²) in [6.45, 7) is -0.567. The Morgan fingerprint density at radius 3 is 2.61 bits per heavy atom. The molecule has 3 unspecified atom stereocenters. The maximum absolute atomic E-state index is 12.2. The van der Waals surface area contributed by atoms with E-state index in [0.717, 1.165) is 4.57 Å². The molecule has 4 N–H and O–H groups in total. The number of benzene rings is 1. The van der Waals surface area contributed by atoms with Crippen LogP contribution in [0.2, 0.25) is 0 Å².